The van der Waals surface area contributed by atoms with E-state index in [4.69, 9.17) is 0 Å². The van der Waals surface area contributed by atoms with Gasteiger partial charge in [0.15, 0.2) is 5.69 Å². The summed E-state index contributed by atoms with van der Waals surface area (Å²) in [4.78, 5) is 3.27. The van der Waals surface area contributed by atoms with Gasteiger partial charge in [-0.2, -0.15) is 29.3 Å². The Bertz CT molecular complexity index is 1000. The summed E-state index contributed by atoms with van der Waals surface area (Å²) in [6, 6.07) is 9.93. The number of hydrogen-bond acceptors (Lipinski definition) is 4. The molecule has 7 heteroatoms. The number of benzene rings is 1. The minimum absolute atomic E-state index is 0.153. The number of aromatic nitrogens is 4. The van der Waals surface area contributed by atoms with Gasteiger partial charge in [-0.25, -0.2) is 0 Å². The Morgan fingerprint density at radius 3 is 2.50 bits per heavy atom. The van der Waals surface area contributed by atoms with Crippen LogP contribution in [0.2, 0.25) is 0 Å². The number of nitriles is 1. The lowest BCUT2D eigenvalue weighted by molar-refractivity contribution is 0.506. The Morgan fingerprint density at radius 2 is 1.85 bits per heavy atom. The summed E-state index contributed by atoms with van der Waals surface area (Å²) in [6.07, 6.45) is 0.851. The number of H-pyrrole nitrogens is 1. The topological polar surface area (TPSA) is 78.2 Å². The second kappa shape index (κ2) is 6.64. The van der Waals surface area contributed by atoms with Gasteiger partial charge in [-0.05, 0) is 47.2 Å². The minimum atomic E-state index is -0.886. The first kappa shape index (κ1) is 17.7. The molecule has 0 amide bonds. The molecule has 0 aliphatic carbocycles. The first-order chi connectivity index (χ1) is 12.4. The fourth-order valence-corrected chi connectivity index (χ4v) is 2.65. The third kappa shape index (κ3) is 3.18. The molecule has 0 saturated carbocycles. The van der Waals surface area contributed by atoms with Gasteiger partial charge in [-0.3, -0.25) is 0 Å². The molecule has 0 radical (unpaired) electrons. The summed E-state index contributed by atoms with van der Waals surface area (Å²) in [6.45, 7) is 6.20. The second-order valence-electron chi connectivity index (χ2n) is 6.64. The van der Waals surface area contributed by atoms with Gasteiger partial charge in [0.2, 0.25) is 11.9 Å². The first-order valence-electron chi connectivity index (χ1n) is 8.15. The van der Waals surface area contributed by atoms with Crippen LogP contribution < -0.4 is 0 Å². The van der Waals surface area contributed by atoms with Crippen LogP contribution in [0.4, 0.5) is 8.78 Å². The number of aromatic amines is 1. The quantitative estimate of drug-likeness (QED) is 0.707. The Balaban J connectivity index is 2.26. The molecule has 0 spiro atoms. The van der Waals surface area contributed by atoms with E-state index in [0.29, 0.717) is 16.8 Å². The largest absolute Gasteiger partial charge is 0.223 e. The summed E-state index contributed by atoms with van der Waals surface area (Å²) < 4.78 is 27.4. The SMILES string of the molecule is CCC(C)(C)c1cc(-c2ccc(F)nc2F)cc(-c2n[nH]nc2C#N)c1. The van der Waals surface area contributed by atoms with Gasteiger partial charge in [0.25, 0.3) is 0 Å². The van der Waals surface area contributed by atoms with Crippen LogP contribution in [-0.2, 0) is 5.41 Å². The molecule has 0 bridgehead atoms. The molecule has 3 aromatic rings. The van der Waals surface area contributed by atoms with Gasteiger partial charge in [-0.1, -0.05) is 26.8 Å². The van der Waals surface area contributed by atoms with Crippen LogP contribution >= 0.6 is 0 Å². The van der Waals surface area contributed by atoms with Gasteiger partial charge in [0.05, 0.1) is 0 Å². The summed E-state index contributed by atoms with van der Waals surface area (Å²) in [7, 11) is 0. The molecular formula is C19H17F2N5. The zero-order valence-electron chi connectivity index (χ0n) is 14.6. The maximum absolute atomic E-state index is 14.2. The smallest absolute Gasteiger partial charge is 0.196 e. The number of nitrogens with zero attached hydrogens (tertiary/aromatic N) is 4. The van der Waals surface area contributed by atoms with Crippen LogP contribution in [-0.4, -0.2) is 20.4 Å². The number of nitrogens with one attached hydrogen (secondary N) is 1. The Kier molecular flexibility index (Phi) is 4.51. The molecule has 0 atom stereocenters. The fourth-order valence-electron chi connectivity index (χ4n) is 2.65. The number of halogens is 2. The molecule has 2 aromatic heterocycles. The van der Waals surface area contributed by atoms with Crippen molar-refractivity contribution in [3.63, 3.8) is 0 Å². The van der Waals surface area contributed by atoms with Gasteiger partial charge in [0.1, 0.15) is 11.8 Å². The van der Waals surface area contributed by atoms with E-state index in [-0.39, 0.29) is 16.7 Å². The van der Waals surface area contributed by atoms with E-state index in [9.17, 15) is 14.0 Å². The molecule has 0 fully saturated rings. The zero-order chi connectivity index (χ0) is 18.9. The molecule has 1 aromatic carbocycles. The lowest BCUT2D eigenvalue weighted by Gasteiger charge is -2.25. The Labute approximate surface area is 149 Å². The number of hydrogen-bond donors (Lipinski definition) is 1. The highest BCUT2D eigenvalue weighted by molar-refractivity contribution is 5.74. The molecule has 0 aliphatic heterocycles. The van der Waals surface area contributed by atoms with Crippen molar-refractivity contribution < 1.29 is 8.78 Å². The highest BCUT2D eigenvalue weighted by Gasteiger charge is 2.22. The van der Waals surface area contributed by atoms with Gasteiger partial charge >= 0.3 is 0 Å². The van der Waals surface area contributed by atoms with Crippen molar-refractivity contribution in [3.05, 3.63) is 53.5 Å². The minimum Gasteiger partial charge on any atom is -0.196 e. The van der Waals surface area contributed by atoms with E-state index < -0.39 is 11.9 Å². The molecule has 5 nitrogen and oxygen atoms in total. The monoisotopic (exact) mass is 353 g/mol. The molecule has 0 unspecified atom stereocenters. The average Bonchev–Trinajstić information content (AvgIpc) is 3.10. The van der Waals surface area contributed by atoms with E-state index in [2.05, 4.69) is 41.2 Å². The van der Waals surface area contributed by atoms with Crippen molar-refractivity contribution in [2.75, 3.05) is 0 Å². The number of rotatable bonds is 4. The van der Waals surface area contributed by atoms with Crippen molar-refractivity contribution >= 4 is 0 Å². The third-order valence-electron chi connectivity index (χ3n) is 4.65. The van der Waals surface area contributed by atoms with Crippen LogP contribution in [0, 0.1) is 23.2 Å². The maximum Gasteiger partial charge on any atom is 0.223 e. The van der Waals surface area contributed by atoms with Gasteiger partial charge < -0.3 is 0 Å². The molecular weight excluding hydrogens is 336 g/mol. The fraction of sp³-hybridized carbons (Fsp3) is 0.263. The van der Waals surface area contributed by atoms with Crippen LogP contribution in [0.3, 0.4) is 0 Å². The highest BCUT2D eigenvalue weighted by atomic mass is 19.1. The Morgan fingerprint density at radius 1 is 1.12 bits per heavy atom. The lowest BCUT2D eigenvalue weighted by Crippen LogP contribution is -2.15. The average molecular weight is 353 g/mol. The predicted molar refractivity (Wildman–Crippen MR) is 93.0 cm³/mol. The van der Waals surface area contributed by atoms with Crippen LogP contribution in [0.5, 0.6) is 0 Å². The van der Waals surface area contributed by atoms with Crippen molar-refractivity contribution in [1.82, 2.24) is 20.4 Å². The van der Waals surface area contributed by atoms with E-state index in [1.54, 1.807) is 6.07 Å². The molecule has 0 aliphatic rings. The normalized spacial score (nSPS) is 11.4. The zero-order valence-corrected chi connectivity index (χ0v) is 14.6. The highest BCUT2D eigenvalue weighted by Crippen LogP contribution is 2.35. The predicted octanol–water partition coefficient (Wildman–Crippen LogP) is 4.37. The van der Waals surface area contributed by atoms with Crippen molar-refractivity contribution in [3.8, 4) is 28.5 Å². The maximum atomic E-state index is 14.2. The van der Waals surface area contributed by atoms with E-state index in [1.165, 1.54) is 6.07 Å². The summed E-state index contributed by atoms with van der Waals surface area (Å²) in [5, 5.41) is 19.5. The Hall–Kier alpha value is -3.14. The molecule has 132 valence electrons. The van der Waals surface area contributed by atoms with Crippen LogP contribution in [0.1, 0.15) is 38.4 Å². The molecule has 2 heterocycles. The lowest BCUT2D eigenvalue weighted by atomic mass is 9.80. The first-order valence-corrected chi connectivity index (χ1v) is 8.15. The van der Waals surface area contributed by atoms with Crippen molar-refractivity contribution in [2.45, 2.75) is 32.6 Å². The van der Waals surface area contributed by atoms with Crippen LogP contribution in [0.25, 0.3) is 22.4 Å². The van der Waals surface area contributed by atoms with E-state index in [1.807, 2.05) is 18.2 Å². The molecule has 3 rings (SSSR count). The van der Waals surface area contributed by atoms with Gasteiger partial charge in [0, 0.05) is 11.1 Å². The molecule has 1 N–H and O–H groups in total. The number of pyridine rings is 1. The summed E-state index contributed by atoms with van der Waals surface area (Å²) in [5.41, 5.74) is 2.65. The van der Waals surface area contributed by atoms with Gasteiger partial charge in [-0.15, -0.1) is 5.10 Å². The second-order valence-corrected chi connectivity index (χ2v) is 6.64. The third-order valence-corrected chi connectivity index (χ3v) is 4.65. The standard InChI is InChI=1S/C19H17F2N5/c1-4-19(2,3)13-8-11(14-5-6-16(20)23-18(14)21)7-12(9-13)17-15(10-22)24-26-25-17/h5-9H,4H2,1-3H3,(H,24,25,26). The molecule has 26 heavy (non-hydrogen) atoms. The van der Waals surface area contributed by atoms with Crippen LogP contribution in [0.15, 0.2) is 30.3 Å². The van der Waals surface area contributed by atoms with E-state index >= 15 is 0 Å². The van der Waals surface area contributed by atoms with Crippen molar-refractivity contribution in [2.24, 2.45) is 0 Å². The van der Waals surface area contributed by atoms with Crippen molar-refractivity contribution in [1.29, 1.82) is 5.26 Å². The summed E-state index contributed by atoms with van der Waals surface area (Å²) >= 11 is 0. The van der Waals surface area contributed by atoms with E-state index in [0.717, 1.165) is 18.1 Å². The summed E-state index contributed by atoms with van der Waals surface area (Å²) in [5.74, 6) is -1.76. The molecule has 0 saturated heterocycles.